The number of aromatic nitrogens is 4. The fourth-order valence-corrected chi connectivity index (χ4v) is 3.53. The topological polar surface area (TPSA) is 60.9 Å². The maximum atomic E-state index is 4.54. The Kier molecular flexibility index (Phi) is 4.13. The minimum atomic E-state index is 0.393. The van der Waals surface area contributed by atoms with Crippen LogP contribution in [0.1, 0.15) is 18.9 Å². The number of rotatable bonds is 3. The van der Waals surface area contributed by atoms with Gasteiger partial charge in [-0.25, -0.2) is 9.97 Å². The SMILES string of the molecule is CC1CN(Cc2ccccc2)CCCN1c1ncnc2[nH]ncc12. The van der Waals surface area contributed by atoms with Crippen molar-refractivity contribution in [2.24, 2.45) is 0 Å². The average Bonchev–Trinajstić information content (AvgIpc) is 3.01. The van der Waals surface area contributed by atoms with Crippen molar-refractivity contribution in [1.29, 1.82) is 0 Å². The standard InChI is InChI=1S/C18H22N6/c1-14-11-23(12-15-6-3-2-4-7-15)8-5-9-24(14)18-16-10-21-22-17(16)19-13-20-18/h2-4,6-7,10,13-14H,5,8-9,11-12H2,1H3,(H,19,20,21,22). The van der Waals surface area contributed by atoms with E-state index in [1.54, 1.807) is 6.33 Å². The molecule has 1 aromatic carbocycles. The van der Waals surface area contributed by atoms with Gasteiger partial charge in [0.25, 0.3) is 0 Å². The number of benzene rings is 1. The Bertz CT molecular complexity index is 799. The Morgan fingerprint density at radius 2 is 2.04 bits per heavy atom. The lowest BCUT2D eigenvalue weighted by Gasteiger charge is -2.30. The van der Waals surface area contributed by atoms with Crippen molar-refractivity contribution >= 4 is 16.9 Å². The predicted octanol–water partition coefficient (Wildman–Crippen LogP) is 2.45. The fourth-order valence-electron chi connectivity index (χ4n) is 3.53. The smallest absolute Gasteiger partial charge is 0.160 e. The monoisotopic (exact) mass is 322 g/mol. The number of H-pyrrole nitrogens is 1. The molecule has 1 unspecified atom stereocenters. The van der Waals surface area contributed by atoms with Gasteiger partial charge in [-0.2, -0.15) is 5.10 Å². The Hall–Kier alpha value is -2.47. The van der Waals surface area contributed by atoms with Crippen molar-refractivity contribution in [3.63, 3.8) is 0 Å². The summed E-state index contributed by atoms with van der Waals surface area (Å²) in [7, 11) is 0. The van der Waals surface area contributed by atoms with Gasteiger partial charge in [-0.1, -0.05) is 30.3 Å². The average molecular weight is 322 g/mol. The molecule has 0 saturated carbocycles. The van der Waals surface area contributed by atoms with Crippen molar-refractivity contribution in [3.05, 3.63) is 48.4 Å². The van der Waals surface area contributed by atoms with Gasteiger partial charge >= 0.3 is 0 Å². The lowest BCUT2D eigenvalue weighted by molar-refractivity contribution is 0.268. The first-order valence-corrected chi connectivity index (χ1v) is 8.48. The van der Waals surface area contributed by atoms with E-state index in [2.05, 4.69) is 67.2 Å². The second kappa shape index (κ2) is 6.57. The van der Waals surface area contributed by atoms with Gasteiger partial charge in [-0.15, -0.1) is 0 Å². The van der Waals surface area contributed by atoms with Gasteiger partial charge in [0.15, 0.2) is 5.65 Å². The van der Waals surface area contributed by atoms with E-state index in [9.17, 15) is 0 Å². The number of anilines is 1. The maximum Gasteiger partial charge on any atom is 0.160 e. The Labute approximate surface area is 141 Å². The predicted molar refractivity (Wildman–Crippen MR) is 94.8 cm³/mol. The van der Waals surface area contributed by atoms with Gasteiger partial charge in [-0.3, -0.25) is 10.00 Å². The van der Waals surface area contributed by atoms with E-state index in [-0.39, 0.29) is 0 Å². The molecule has 1 N–H and O–H groups in total. The van der Waals surface area contributed by atoms with Crippen molar-refractivity contribution in [1.82, 2.24) is 25.1 Å². The van der Waals surface area contributed by atoms with E-state index in [4.69, 9.17) is 0 Å². The normalized spacial score (nSPS) is 19.5. The van der Waals surface area contributed by atoms with Crippen molar-refractivity contribution < 1.29 is 0 Å². The summed E-state index contributed by atoms with van der Waals surface area (Å²) in [5.74, 6) is 0.989. The molecule has 24 heavy (non-hydrogen) atoms. The molecule has 0 radical (unpaired) electrons. The van der Waals surface area contributed by atoms with E-state index < -0.39 is 0 Å². The highest BCUT2D eigenvalue weighted by molar-refractivity contribution is 5.86. The van der Waals surface area contributed by atoms with Crippen LogP contribution in [0, 0.1) is 0 Å². The summed E-state index contributed by atoms with van der Waals surface area (Å²) in [5, 5.41) is 8.05. The molecule has 124 valence electrons. The zero-order valence-corrected chi connectivity index (χ0v) is 13.9. The van der Waals surface area contributed by atoms with Gasteiger partial charge in [-0.05, 0) is 18.9 Å². The summed E-state index contributed by atoms with van der Waals surface area (Å²) in [6, 6.07) is 11.1. The highest BCUT2D eigenvalue weighted by Gasteiger charge is 2.24. The Morgan fingerprint density at radius 3 is 2.92 bits per heavy atom. The van der Waals surface area contributed by atoms with Crippen LogP contribution in [-0.2, 0) is 6.54 Å². The zero-order chi connectivity index (χ0) is 16.4. The zero-order valence-electron chi connectivity index (χ0n) is 13.9. The number of nitrogens with one attached hydrogen (secondary N) is 1. The van der Waals surface area contributed by atoms with Gasteiger partial charge in [0.05, 0.1) is 11.6 Å². The van der Waals surface area contributed by atoms with Crippen LogP contribution in [0.25, 0.3) is 11.0 Å². The summed E-state index contributed by atoms with van der Waals surface area (Å²) in [4.78, 5) is 13.7. The number of fused-ring (bicyclic) bond motifs is 1. The lowest BCUT2D eigenvalue weighted by atomic mass is 10.2. The molecule has 3 heterocycles. The molecule has 4 rings (SSSR count). The number of nitrogens with zero attached hydrogens (tertiary/aromatic N) is 5. The van der Waals surface area contributed by atoms with Gasteiger partial charge in [0.2, 0.25) is 0 Å². The molecule has 3 aromatic rings. The van der Waals surface area contributed by atoms with E-state index in [0.717, 1.165) is 49.5 Å². The van der Waals surface area contributed by atoms with E-state index in [1.807, 2.05) is 6.20 Å². The number of aromatic amines is 1. The van der Waals surface area contributed by atoms with Crippen LogP contribution in [0.4, 0.5) is 5.82 Å². The second-order valence-electron chi connectivity index (χ2n) is 6.45. The largest absolute Gasteiger partial charge is 0.352 e. The molecular weight excluding hydrogens is 300 g/mol. The molecule has 6 heteroatoms. The molecule has 6 nitrogen and oxygen atoms in total. The van der Waals surface area contributed by atoms with Crippen LogP contribution in [0.15, 0.2) is 42.9 Å². The molecule has 0 amide bonds. The number of hydrogen-bond donors (Lipinski definition) is 1. The quantitative estimate of drug-likeness (QED) is 0.802. The second-order valence-corrected chi connectivity index (χ2v) is 6.45. The first kappa shape index (κ1) is 15.1. The van der Waals surface area contributed by atoms with E-state index >= 15 is 0 Å². The summed E-state index contributed by atoms with van der Waals surface area (Å²) in [5.41, 5.74) is 2.18. The molecule has 2 aromatic heterocycles. The molecule has 0 spiro atoms. The third kappa shape index (κ3) is 2.97. The Balaban J connectivity index is 1.54. The summed E-state index contributed by atoms with van der Waals surface area (Å²) < 4.78 is 0. The van der Waals surface area contributed by atoms with Crippen LogP contribution < -0.4 is 4.90 Å². The maximum absolute atomic E-state index is 4.54. The third-order valence-corrected chi connectivity index (χ3v) is 4.68. The minimum absolute atomic E-state index is 0.393. The van der Waals surface area contributed by atoms with Gasteiger partial charge in [0, 0.05) is 32.2 Å². The molecule has 1 aliphatic heterocycles. The van der Waals surface area contributed by atoms with Crippen LogP contribution in [-0.4, -0.2) is 50.7 Å². The van der Waals surface area contributed by atoms with Crippen LogP contribution in [0.5, 0.6) is 0 Å². The van der Waals surface area contributed by atoms with Crippen LogP contribution >= 0.6 is 0 Å². The summed E-state index contributed by atoms with van der Waals surface area (Å²) in [6.07, 6.45) is 4.57. The first-order chi connectivity index (χ1) is 11.8. The molecule has 1 atom stereocenters. The molecule has 0 aliphatic carbocycles. The summed E-state index contributed by atoms with van der Waals surface area (Å²) in [6.45, 7) is 6.42. The van der Waals surface area contributed by atoms with Crippen LogP contribution in [0.2, 0.25) is 0 Å². The minimum Gasteiger partial charge on any atom is -0.352 e. The summed E-state index contributed by atoms with van der Waals surface area (Å²) >= 11 is 0. The third-order valence-electron chi connectivity index (χ3n) is 4.68. The number of hydrogen-bond acceptors (Lipinski definition) is 5. The highest BCUT2D eigenvalue weighted by atomic mass is 15.3. The molecular formula is C18H22N6. The van der Waals surface area contributed by atoms with E-state index in [0.29, 0.717) is 6.04 Å². The van der Waals surface area contributed by atoms with E-state index in [1.165, 1.54) is 5.56 Å². The molecule has 1 saturated heterocycles. The lowest BCUT2D eigenvalue weighted by Crippen LogP contribution is -2.39. The first-order valence-electron chi connectivity index (χ1n) is 8.48. The van der Waals surface area contributed by atoms with Crippen molar-refractivity contribution in [2.75, 3.05) is 24.5 Å². The van der Waals surface area contributed by atoms with Gasteiger partial charge in [0.1, 0.15) is 12.1 Å². The fraction of sp³-hybridized carbons (Fsp3) is 0.389. The van der Waals surface area contributed by atoms with Gasteiger partial charge < -0.3 is 4.90 Å². The molecule has 1 fully saturated rings. The highest BCUT2D eigenvalue weighted by Crippen LogP contribution is 2.25. The van der Waals surface area contributed by atoms with Crippen molar-refractivity contribution in [2.45, 2.75) is 25.9 Å². The molecule has 1 aliphatic rings. The van der Waals surface area contributed by atoms with Crippen LogP contribution in [0.3, 0.4) is 0 Å². The Morgan fingerprint density at radius 1 is 1.17 bits per heavy atom. The molecule has 0 bridgehead atoms. The van der Waals surface area contributed by atoms with Crippen molar-refractivity contribution in [3.8, 4) is 0 Å².